The summed E-state index contributed by atoms with van der Waals surface area (Å²) in [6.07, 6.45) is 0.405. The number of nitrogens with two attached hydrogens (primary N) is 1. The molecular formula is C18H27FN2O2. The van der Waals surface area contributed by atoms with Gasteiger partial charge in [0.15, 0.2) is 0 Å². The summed E-state index contributed by atoms with van der Waals surface area (Å²) in [5, 5.41) is 11.2. The number of aliphatic hydroxyl groups is 1. The van der Waals surface area contributed by atoms with E-state index in [-0.39, 0.29) is 17.6 Å². The van der Waals surface area contributed by atoms with Crippen molar-refractivity contribution >= 4 is 5.91 Å². The quantitative estimate of drug-likeness (QED) is 0.897. The Morgan fingerprint density at radius 2 is 1.87 bits per heavy atom. The molecule has 0 bridgehead atoms. The molecule has 3 N–H and O–H groups in total. The van der Waals surface area contributed by atoms with Gasteiger partial charge in [0.2, 0.25) is 5.91 Å². The second-order valence-electron chi connectivity index (χ2n) is 7.53. The van der Waals surface area contributed by atoms with Gasteiger partial charge in [-0.05, 0) is 30.0 Å². The predicted octanol–water partition coefficient (Wildman–Crippen LogP) is 2.26. The summed E-state index contributed by atoms with van der Waals surface area (Å²) in [7, 11) is 0. The third-order valence-corrected chi connectivity index (χ3v) is 5.09. The Labute approximate surface area is 137 Å². The summed E-state index contributed by atoms with van der Waals surface area (Å²) < 4.78 is 13.2. The van der Waals surface area contributed by atoms with Crippen LogP contribution in [0.15, 0.2) is 24.3 Å². The van der Waals surface area contributed by atoms with E-state index in [1.807, 2.05) is 27.7 Å². The molecule has 2 unspecified atom stereocenters. The number of rotatable bonds is 3. The molecule has 2 rings (SSSR count). The topological polar surface area (TPSA) is 66.6 Å². The van der Waals surface area contributed by atoms with Crippen molar-refractivity contribution in [2.75, 3.05) is 13.1 Å². The van der Waals surface area contributed by atoms with Crippen LogP contribution in [0, 0.1) is 17.2 Å². The molecule has 0 aromatic heterocycles. The fraction of sp³-hybridized carbons (Fsp3) is 0.611. The summed E-state index contributed by atoms with van der Waals surface area (Å²) in [4.78, 5) is 14.2. The molecule has 1 aliphatic rings. The van der Waals surface area contributed by atoms with Crippen LogP contribution in [0.2, 0.25) is 0 Å². The molecule has 1 aliphatic heterocycles. The van der Waals surface area contributed by atoms with Gasteiger partial charge in [0.05, 0.1) is 11.6 Å². The molecule has 1 heterocycles. The molecule has 5 heteroatoms. The van der Waals surface area contributed by atoms with Gasteiger partial charge in [-0.3, -0.25) is 4.79 Å². The third-order valence-electron chi connectivity index (χ3n) is 5.09. The van der Waals surface area contributed by atoms with Crippen molar-refractivity contribution in [2.24, 2.45) is 17.1 Å². The van der Waals surface area contributed by atoms with Gasteiger partial charge in [0.25, 0.3) is 0 Å². The molecule has 4 nitrogen and oxygen atoms in total. The van der Waals surface area contributed by atoms with Crippen LogP contribution in [0.5, 0.6) is 0 Å². The zero-order valence-corrected chi connectivity index (χ0v) is 14.3. The fourth-order valence-corrected chi connectivity index (χ4v) is 3.27. The first kappa shape index (κ1) is 17.9. The Hall–Kier alpha value is -1.46. The molecule has 1 aromatic carbocycles. The molecule has 2 atom stereocenters. The minimum absolute atomic E-state index is 0.0727. The maximum Gasteiger partial charge on any atom is 0.239 e. The van der Waals surface area contributed by atoms with Gasteiger partial charge < -0.3 is 15.7 Å². The number of likely N-dealkylation sites (tertiary alicyclic amines) is 1. The third kappa shape index (κ3) is 3.26. The van der Waals surface area contributed by atoms with Crippen molar-refractivity contribution in [1.29, 1.82) is 0 Å². The van der Waals surface area contributed by atoms with Gasteiger partial charge in [-0.2, -0.15) is 0 Å². The van der Waals surface area contributed by atoms with Gasteiger partial charge in [-0.1, -0.05) is 39.8 Å². The number of amides is 1. The van der Waals surface area contributed by atoms with Crippen molar-refractivity contribution < 1.29 is 14.3 Å². The van der Waals surface area contributed by atoms with E-state index in [0.29, 0.717) is 25.1 Å². The summed E-state index contributed by atoms with van der Waals surface area (Å²) in [6, 6.07) is 5.43. The van der Waals surface area contributed by atoms with Gasteiger partial charge in [0.1, 0.15) is 5.82 Å². The van der Waals surface area contributed by atoms with Crippen LogP contribution in [0.1, 0.15) is 39.7 Å². The van der Waals surface area contributed by atoms with Crippen molar-refractivity contribution in [3.63, 3.8) is 0 Å². The van der Waals surface area contributed by atoms with E-state index >= 15 is 0 Å². The summed E-state index contributed by atoms with van der Waals surface area (Å²) in [5.74, 6) is -0.330. The van der Waals surface area contributed by atoms with Crippen LogP contribution in [0.4, 0.5) is 4.39 Å². The second kappa shape index (κ2) is 6.21. The Morgan fingerprint density at radius 1 is 1.30 bits per heavy atom. The molecule has 1 saturated heterocycles. The number of carbonyl (C=O) groups is 1. The monoisotopic (exact) mass is 322 g/mol. The van der Waals surface area contributed by atoms with Crippen molar-refractivity contribution in [1.82, 2.24) is 4.90 Å². The minimum Gasteiger partial charge on any atom is -0.384 e. The first-order valence-corrected chi connectivity index (χ1v) is 8.11. The SMILES string of the molecule is CC(C)C(N)C(=O)N1CCC(O)(c2ccc(F)cc2)C(C)(C)C1. The molecule has 0 saturated carbocycles. The average Bonchev–Trinajstić information content (AvgIpc) is 2.49. The number of piperidine rings is 1. The average molecular weight is 322 g/mol. The van der Waals surface area contributed by atoms with E-state index in [0.717, 1.165) is 0 Å². The maximum absolute atomic E-state index is 13.2. The first-order valence-electron chi connectivity index (χ1n) is 8.11. The van der Waals surface area contributed by atoms with Gasteiger partial charge >= 0.3 is 0 Å². The lowest BCUT2D eigenvalue weighted by molar-refractivity contribution is -0.155. The van der Waals surface area contributed by atoms with Crippen LogP contribution in [0.3, 0.4) is 0 Å². The lowest BCUT2D eigenvalue weighted by Gasteiger charge is -2.51. The van der Waals surface area contributed by atoms with Crippen LogP contribution in [-0.2, 0) is 10.4 Å². The zero-order chi connectivity index (χ0) is 17.4. The Balaban J connectivity index is 2.23. The van der Waals surface area contributed by atoms with Crippen LogP contribution in [-0.4, -0.2) is 35.0 Å². The standard InChI is InChI=1S/C18H27FN2O2/c1-12(2)15(20)16(22)21-10-9-18(23,17(3,4)11-21)13-5-7-14(19)8-6-13/h5-8,12,15,23H,9-11,20H2,1-4H3. The lowest BCUT2D eigenvalue weighted by atomic mass is 9.66. The highest BCUT2D eigenvalue weighted by Crippen LogP contribution is 2.46. The molecule has 1 fully saturated rings. The maximum atomic E-state index is 13.2. The number of carbonyl (C=O) groups excluding carboxylic acids is 1. The fourth-order valence-electron chi connectivity index (χ4n) is 3.27. The Bertz CT molecular complexity index is 571. The number of benzene rings is 1. The smallest absolute Gasteiger partial charge is 0.239 e. The molecule has 0 spiro atoms. The highest BCUT2D eigenvalue weighted by Gasteiger charge is 2.50. The zero-order valence-electron chi connectivity index (χ0n) is 14.3. The molecular weight excluding hydrogens is 295 g/mol. The van der Waals surface area contributed by atoms with Crippen molar-refractivity contribution in [3.8, 4) is 0 Å². The largest absolute Gasteiger partial charge is 0.384 e. The van der Waals surface area contributed by atoms with Crippen molar-refractivity contribution in [2.45, 2.75) is 45.8 Å². The van der Waals surface area contributed by atoms with Gasteiger partial charge in [0, 0.05) is 18.5 Å². The van der Waals surface area contributed by atoms with Gasteiger partial charge in [-0.25, -0.2) is 4.39 Å². The number of halogens is 1. The minimum atomic E-state index is -1.10. The van der Waals surface area contributed by atoms with Gasteiger partial charge in [-0.15, -0.1) is 0 Å². The van der Waals surface area contributed by atoms with Crippen LogP contribution in [0.25, 0.3) is 0 Å². The highest BCUT2D eigenvalue weighted by atomic mass is 19.1. The number of hydrogen-bond donors (Lipinski definition) is 2. The molecule has 128 valence electrons. The predicted molar refractivity (Wildman–Crippen MR) is 88.1 cm³/mol. The van der Waals surface area contributed by atoms with E-state index < -0.39 is 17.1 Å². The Kier molecular flexibility index (Phi) is 4.83. The number of hydrogen-bond acceptors (Lipinski definition) is 3. The van der Waals surface area contributed by atoms with E-state index in [2.05, 4.69) is 0 Å². The molecule has 0 aliphatic carbocycles. The molecule has 0 radical (unpaired) electrons. The van der Waals surface area contributed by atoms with E-state index in [9.17, 15) is 14.3 Å². The Morgan fingerprint density at radius 3 is 2.35 bits per heavy atom. The molecule has 23 heavy (non-hydrogen) atoms. The van der Waals surface area contributed by atoms with Crippen LogP contribution < -0.4 is 5.73 Å². The molecule has 1 aromatic rings. The van der Waals surface area contributed by atoms with E-state index in [4.69, 9.17) is 5.73 Å². The van der Waals surface area contributed by atoms with Crippen molar-refractivity contribution in [3.05, 3.63) is 35.6 Å². The first-order chi connectivity index (χ1) is 10.6. The van der Waals surface area contributed by atoms with Crippen LogP contribution >= 0.6 is 0 Å². The van der Waals surface area contributed by atoms with E-state index in [1.165, 1.54) is 12.1 Å². The normalized spacial score (nSPS) is 25.5. The summed E-state index contributed by atoms with van der Waals surface area (Å²) >= 11 is 0. The number of nitrogens with zero attached hydrogens (tertiary/aromatic N) is 1. The summed E-state index contributed by atoms with van der Waals surface area (Å²) in [6.45, 7) is 8.56. The molecule has 1 amide bonds. The second-order valence-corrected chi connectivity index (χ2v) is 7.53. The lowest BCUT2D eigenvalue weighted by Crippen LogP contribution is -2.59. The summed E-state index contributed by atoms with van der Waals surface area (Å²) in [5.41, 5.74) is 5.01. The van der Waals surface area contributed by atoms with E-state index in [1.54, 1.807) is 17.0 Å². The highest BCUT2D eigenvalue weighted by molar-refractivity contribution is 5.82.